The van der Waals surface area contributed by atoms with Crippen LogP contribution in [0.15, 0.2) is 93.9 Å². The number of pyridine rings is 1. The van der Waals surface area contributed by atoms with Crippen LogP contribution in [0.3, 0.4) is 0 Å². The Bertz CT molecular complexity index is 1280. The summed E-state index contributed by atoms with van der Waals surface area (Å²) in [7, 11) is 0. The van der Waals surface area contributed by atoms with E-state index in [0.717, 1.165) is 20.1 Å². The smallest absolute Gasteiger partial charge is 0.310 e. The molecule has 0 fully saturated rings. The van der Waals surface area contributed by atoms with E-state index in [1.165, 1.54) is 16.9 Å². The van der Waals surface area contributed by atoms with Gasteiger partial charge >= 0.3 is 5.97 Å². The molecule has 0 bridgehead atoms. The normalized spacial score (nSPS) is 10.5. The van der Waals surface area contributed by atoms with Crippen LogP contribution in [0.2, 0.25) is 0 Å². The van der Waals surface area contributed by atoms with Crippen molar-refractivity contribution in [3.63, 3.8) is 0 Å². The molecule has 0 saturated heterocycles. The number of carbonyl (C=O) groups excluding carboxylic acids is 2. The van der Waals surface area contributed by atoms with Crippen molar-refractivity contribution < 1.29 is 35.9 Å². The van der Waals surface area contributed by atoms with Crippen molar-refractivity contribution in [2.24, 2.45) is 0 Å². The third-order valence-electron chi connectivity index (χ3n) is 5.07. The molecular weight excluding hydrogens is 610 g/mol. The van der Waals surface area contributed by atoms with Crippen LogP contribution in [-0.4, -0.2) is 18.4 Å². The predicted molar refractivity (Wildman–Crippen MR) is 140 cm³/mol. The molecule has 0 saturated carbocycles. The van der Waals surface area contributed by atoms with Gasteiger partial charge in [-0.05, 0) is 24.6 Å². The van der Waals surface area contributed by atoms with Crippen LogP contribution in [-0.2, 0) is 21.7 Å². The van der Waals surface area contributed by atoms with Crippen LogP contribution in [0.25, 0.3) is 5.69 Å². The van der Waals surface area contributed by atoms with Crippen molar-refractivity contribution in [1.29, 1.82) is 0 Å². The molecule has 0 spiro atoms. The summed E-state index contributed by atoms with van der Waals surface area (Å²) in [5.74, 6) is 0.314. The molecular formula is C27H23Br2NO3S2. The number of aromatic nitrogens is 1. The van der Waals surface area contributed by atoms with Gasteiger partial charge in [0.05, 0.1) is 23.5 Å². The van der Waals surface area contributed by atoms with Crippen LogP contribution in [0.1, 0.15) is 33.3 Å². The molecule has 180 valence electrons. The van der Waals surface area contributed by atoms with E-state index in [0.29, 0.717) is 22.6 Å². The summed E-state index contributed by atoms with van der Waals surface area (Å²) in [5, 5.41) is 0. The summed E-state index contributed by atoms with van der Waals surface area (Å²) in [5.41, 5.74) is 3.34. The molecule has 8 heteroatoms. The molecule has 4 rings (SSSR count). The average Bonchev–Trinajstić information content (AvgIpc) is 3.22. The second-order valence-electron chi connectivity index (χ2n) is 7.42. The Kier molecular flexibility index (Phi) is 10.3. The molecule has 2 heterocycles. The minimum absolute atomic E-state index is 0. The van der Waals surface area contributed by atoms with Gasteiger partial charge in [-0.2, -0.15) is 4.57 Å². The van der Waals surface area contributed by atoms with Crippen molar-refractivity contribution in [3.8, 4) is 5.69 Å². The Hall–Kier alpha value is -2.26. The fraction of sp³-hybridized carbons (Fsp3) is 0.148. The van der Waals surface area contributed by atoms with E-state index in [1.807, 2.05) is 65.5 Å². The first-order chi connectivity index (χ1) is 16.6. The van der Waals surface area contributed by atoms with Crippen molar-refractivity contribution in [2.75, 3.05) is 6.61 Å². The number of esters is 1. The number of hydrogen-bond acceptors (Lipinski definition) is 5. The molecule has 4 nitrogen and oxygen atoms in total. The van der Waals surface area contributed by atoms with Gasteiger partial charge in [-0.1, -0.05) is 64.5 Å². The van der Waals surface area contributed by atoms with E-state index in [9.17, 15) is 9.59 Å². The second kappa shape index (κ2) is 13.2. The molecule has 0 aliphatic rings. The molecule has 0 unspecified atom stereocenters. The highest BCUT2D eigenvalue weighted by atomic mass is 79.9. The number of carbonyl (C=O) groups is 2. The van der Waals surface area contributed by atoms with Gasteiger partial charge in [-0.25, -0.2) is 0 Å². The number of rotatable bonds is 9. The standard InChI is InChI=1S/C27H23BrNO3S2.BrH/c1-2-32-23(30)17-22-24(29-15-7-4-8-16-29)27(33-18-19-11-13-21(28)14-12-19)34-26(22)25(31)20-9-5-3-6-10-20;/h3-16H,2,17-18H2,1H3;1H/q+1;/p-1. The number of thiophene rings is 1. The molecule has 0 amide bonds. The molecule has 0 radical (unpaired) electrons. The molecule has 35 heavy (non-hydrogen) atoms. The SMILES string of the molecule is CCOC(=O)Cc1c(C(=O)c2ccccc2)sc(SCc2ccc(Br)cc2)c1-[n+]1ccccc1.[Br-]. The molecule has 0 aliphatic heterocycles. The van der Waals surface area contributed by atoms with Crippen LogP contribution in [0.5, 0.6) is 0 Å². The van der Waals surface area contributed by atoms with E-state index in [-0.39, 0.29) is 35.2 Å². The van der Waals surface area contributed by atoms with Crippen molar-refractivity contribution in [3.05, 3.63) is 111 Å². The lowest BCUT2D eigenvalue weighted by atomic mass is 10.0. The molecule has 0 atom stereocenters. The maximum Gasteiger partial charge on any atom is 0.310 e. The van der Waals surface area contributed by atoms with Crippen LogP contribution in [0, 0.1) is 0 Å². The summed E-state index contributed by atoms with van der Waals surface area (Å²) in [4.78, 5) is 26.7. The predicted octanol–water partition coefficient (Wildman–Crippen LogP) is 3.42. The number of ether oxygens (including phenoxy) is 1. The molecule has 2 aromatic heterocycles. The van der Waals surface area contributed by atoms with Gasteiger partial charge in [-0.3, -0.25) is 9.59 Å². The third kappa shape index (κ3) is 6.91. The maximum absolute atomic E-state index is 13.5. The Morgan fingerprint density at radius 2 is 1.63 bits per heavy atom. The zero-order valence-electron chi connectivity index (χ0n) is 18.9. The molecule has 2 aromatic carbocycles. The quantitative estimate of drug-likeness (QED) is 0.123. The van der Waals surface area contributed by atoms with E-state index < -0.39 is 0 Å². The summed E-state index contributed by atoms with van der Waals surface area (Å²) in [6.45, 7) is 2.08. The number of halogens is 2. The van der Waals surface area contributed by atoms with Gasteiger partial charge in [-0.15, -0.1) is 23.1 Å². The van der Waals surface area contributed by atoms with Crippen LogP contribution < -0.4 is 21.5 Å². The topological polar surface area (TPSA) is 47.3 Å². The third-order valence-corrected chi connectivity index (χ3v) is 8.15. The Balaban J connectivity index is 0.00000342. The van der Waals surface area contributed by atoms with E-state index in [1.54, 1.807) is 30.8 Å². The first-order valence-corrected chi connectivity index (χ1v) is 13.4. The molecule has 4 aromatic rings. The molecule has 0 aliphatic carbocycles. The summed E-state index contributed by atoms with van der Waals surface area (Å²) < 4.78 is 9.26. The average molecular weight is 633 g/mol. The van der Waals surface area contributed by atoms with E-state index in [4.69, 9.17) is 4.74 Å². The number of hydrogen-bond donors (Lipinski definition) is 0. The lowest BCUT2D eigenvalue weighted by Gasteiger charge is -2.05. The summed E-state index contributed by atoms with van der Waals surface area (Å²) in [6.07, 6.45) is 3.92. The van der Waals surface area contributed by atoms with Gasteiger partial charge in [0, 0.05) is 27.9 Å². The van der Waals surface area contributed by atoms with Gasteiger partial charge < -0.3 is 21.7 Å². The minimum atomic E-state index is -0.343. The molecule has 0 N–H and O–H groups in total. The van der Waals surface area contributed by atoms with Crippen molar-refractivity contribution in [1.82, 2.24) is 0 Å². The number of benzene rings is 2. The largest absolute Gasteiger partial charge is 1.00 e. The highest BCUT2D eigenvalue weighted by Crippen LogP contribution is 2.39. The van der Waals surface area contributed by atoms with Crippen molar-refractivity contribution >= 4 is 50.8 Å². The first-order valence-electron chi connectivity index (χ1n) is 10.8. The fourth-order valence-electron chi connectivity index (χ4n) is 3.49. The van der Waals surface area contributed by atoms with E-state index >= 15 is 0 Å². The lowest BCUT2D eigenvalue weighted by Crippen LogP contribution is -3.00. The van der Waals surface area contributed by atoms with Gasteiger partial charge in [0.1, 0.15) is 4.21 Å². The zero-order valence-corrected chi connectivity index (χ0v) is 23.8. The monoisotopic (exact) mass is 631 g/mol. The zero-order chi connectivity index (χ0) is 23.9. The Labute approximate surface area is 232 Å². The first kappa shape index (κ1) is 27.3. The highest BCUT2D eigenvalue weighted by Gasteiger charge is 2.31. The fourth-order valence-corrected chi connectivity index (χ4v) is 6.29. The minimum Gasteiger partial charge on any atom is -1.00 e. The summed E-state index contributed by atoms with van der Waals surface area (Å²) >= 11 is 6.59. The maximum atomic E-state index is 13.5. The van der Waals surface area contributed by atoms with E-state index in [2.05, 4.69) is 28.1 Å². The van der Waals surface area contributed by atoms with Gasteiger partial charge in [0.15, 0.2) is 12.4 Å². The Morgan fingerprint density at radius 1 is 0.971 bits per heavy atom. The number of nitrogens with zero attached hydrogens (tertiary/aromatic N) is 1. The number of ketones is 1. The highest BCUT2D eigenvalue weighted by molar-refractivity contribution is 9.10. The van der Waals surface area contributed by atoms with Gasteiger partial charge in [0.2, 0.25) is 11.5 Å². The summed E-state index contributed by atoms with van der Waals surface area (Å²) in [6, 6.07) is 23.2. The van der Waals surface area contributed by atoms with Crippen molar-refractivity contribution in [2.45, 2.75) is 23.3 Å². The van der Waals surface area contributed by atoms with Crippen LogP contribution in [0.4, 0.5) is 0 Å². The number of thioether (sulfide) groups is 1. The second-order valence-corrected chi connectivity index (χ2v) is 10.6. The Morgan fingerprint density at radius 3 is 2.29 bits per heavy atom. The van der Waals surface area contributed by atoms with Gasteiger partial charge in [0.25, 0.3) is 0 Å². The lowest BCUT2D eigenvalue weighted by molar-refractivity contribution is -0.598. The van der Waals surface area contributed by atoms with Crippen LogP contribution >= 0.6 is 39.0 Å².